The number of benzene rings is 2. The summed E-state index contributed by atoms with van der Waals surface area (Å²) in [5.74, 6) is -0.0383. The standard InChI is InChI=1S/C29H43NO6SSi/c1-28(2,3)35-27(31)30-25-20-22(21-34-37(7,32)33)18-19-26(25)36-38(29(4,5)6,23-14-10-8-11-15-23)24-16-12-9-13-17-24/h8-17,22,25-26H,18-21H2,1-7H3,(H,30,31)/t22-,25-,26+/m0/s1. The topological polar surface area (TPSA) is 90.9 Å². The van der Waals surface area contributed by atoms with Gasteiger partial charge in [-0.15, -0.1) is 0 Å². The molecule has 3 atom stereocenters. The van der Waals surface area contributed by atoms with Crippen LogP contribution in [-0.2, 0) is 23.5 Å². The summed E-state index contributed by atoms with van der Waals surface area (Å²) < 4.78 is 41.3. The smallest absolute Gasteiger partial charge is 0.407 e. The third-order valence-corrected chi connectivity index (χ3v) is 12.5. The number of hydrogen-bond acceptors (Lipinski definition) is 6. The number of nitrogens with one attached hydrogen (secondary N) is 1. The number of ether oxygens (including phenoxy) is 1. The van der Waals surface area contributed by atoms with E-state index < -0.39 is 30.1 Å². The fourth-order valence-corrected chi connectivity index (χ4v) is 10.5. The average molecular weight is 562 g/mol. The van der Waals surface area contributed by atoms with Crippen LogP contribution in [0.25, 0.3) is 0 Å². The summed E-state index contributed by atoms with van der Waals surface area (Å²) >= 11 is 0. The minimum atomic E-state index is -3.56. The first-order valence-electron chi connectivity index (χ1n) is 13.2. The van der Waals surface area contributed by atoms with Crippen molar-refractivity contribution >= 4 is 34.9 Å². The van der Waals surface area contributed by atoms with Crippen LogP contribution in [0.2, 0.25) is 5.04 Å². The first kappa shape index (κ1) is 30.3. The quantitative estimate of drug-likeness (QED) is 0.374. The molecule has 9 heteroatoms. The molecule has 2 aromatic carbocycles. The Hall–Kier alpha value is -2.20. The molecule has 1 saturated carbocycles. The molecule has 0 spiro atoms. The molecular weight excluding hydrogens is 518 g/mol. The summed E-state index contributed by atoms with van der Waals surface area (Å²) in [5.41, 5.74) is -0.647. The highest BCUT2D eigenvalue weighted by Crippen LogP contribution is 2.40. The van der Waals surface area contributed by atoms with Gasteiger partial charge in [0, 0.05) is 0 Å². The van der Waals surface area contributed by atoms with E-state index >= 15 is 0 Å². The minimum absolute atomic E-state index is 0.0383. The third-order valence-electron chi connectivity index (χ3n) is 6.86. The van der Waals surface area contributed by atoms with Crippen molar-refractivity contribution in [2.75, 3.05) is 12.9 Å². The van der Waals surface area contributed by atoms with Gasteiger partial charge in [-0.25, -0.2) is 4.79 Å². The summed E-state index contributed by atoms with van der Waals surface area (Å²) in [6.45, 7) is 12.2. The highest BCUT2D eigenvalue weighted by atomic mass is 32.2. The second kappa shape index (κ2) is 11.9. The van der Waals surface area contributed by atoms with E-state index in [-0.39, 0.29) is 29.7 Å². The molecule has 1 aliphatic carbocycles. The van der Waals surface area contributed by atoms with Crippen molar-refractivity contribution in [2.24, 2.45) is 5.92 Å². The van der Waals surface area contributed by atoms with Crippen molar-refractivity contribution in [2.45, 2.75) is 83.6 Å². The van der Waals surface area contributed by atoms with Crippen LogP contribution < -0.4 is 15.7 Å². The Labute approximate surface area is 229 Å². The van der Waals surface area contributed by atoms with Crippen LogP contribution in [0, 0.1) is 5.92 Å². The lowest BCUT2D eigenvalue weighted by Gasteiger charge is -2.48. The molecule has 0 saturated heterocycles. The summed E-state index contributed by atoms with van der Waals surface area (Å²) in [7, 11) is -6.42. The molecule has 3 rings (SSSR count). The molecular formula is C29H43NO6SSi. The van der Waals surface area contributed by atoms with Gasteiger partial charge < -0.3 is 14.5 Å². The molecule has 0 unspecified atom stereocenters. The van der Waals surface area contributed by atoms with Gasteiger partial charge >= 0.3 is 6.09 Å². The molecule has 0 heterocycles. The fourth-order valence-electron chi connectivity index (χ4n) is 5.27. The Balaban J connectivity index is 2.01. The Kier molecular flexibility index (Phi) is 9.50. The van der Waals surface area contributed by atoms with Crippen LogP contribution >= 0.6 is 0 Å². The molecule has 1 aliphatic rings. The van der Waals surface area contributed by atoms with E-state index in [1.807, 2.05) is 57.2 Å². The van der Waals surface area contributed by atoms with E-state index in [0.717, 1.165) is 23.1 Å². The SMILES string of the molecule is CC(C)(C)OC(=O)N[C@H]1C[C@@H](COS(C)(=O)=O)CC[C@H]1O[Si](c1ccccc1)(c1ccccc1)C(C)(C)C. The molecule has 1 N–H and O–H groups in total. The van der Waals surface area contributed by atoms with Crippen molar-refractivity contribution in [1.82, 2.24) is 5.32 Å². The Bertz CT molecular complexity index is 1120. The van der Waals surface area contributed by atoms with Gasteiger partial charge in [0.1, 0.15) is 5.60 Å². The van der Waals surface area contributed by atoms with E-state index in [0.29, 0.717) is 12.8 Å². The van der Waals surface area contributed by atoms with Crippen molar-refractivity contribution in [3.63, 3.8) is 0 Å². The molecule has 2 aromatic rings. The lowest BCUT2D eigenvalue weighted by Crippen LogP contribution is -2.69. The maximum Gasteiger partial charge on any atom is 0.407 e. The normalized spacial score (nSPS) is 21.1. The van der Waals surface area contributed by atoms with E-state index in [4.69, 9.17) is 13.3 Å². The van der Waals surface area contributed by atoms with E-state index in [1.54, 1.807) is 0 Å². The van der Waals surface area contributed by atoms with E-state index in [9.17, 15) is 13.2 Å². The van der Waals surface area contributed by atoms with Crippen molar-refractivity contribution in [1.29, 1.82) is 0 Å². The van der Waals surface area contributed by atoms with Crippen LogP contribution in [0.15, 0.2) is 60.7 Å². The van der Waals surface area contributed by atoms with Gasteiger partial charge in [0.2, 0.25) is 0 Å². The molecule has 210 valence electrons. The summed E-state index contributed by atoms with van der Waals surface area (Å²) in [5, 5.41) is 5.17. The number of carbonyl (C=O) groups is 1. The number of amides is 1. The predicted molar refractivity (Wildman–Crippen MR) is 154 cm³/mol. The highest BCUT2D eigenvalue weighted by Gasteiger charge is 2.53. The summed E-state index contributed by atoms with van der Waals surface area (Å²) in [6, 6.07) is 20.4. The fraction of sp³-hybridized carbons (Fsp3) is 0.552. The maximum absolute atomic E-state index is 12.9. The molecule has 1 amide bonds. The van der Waals surface area contributed by atoms with Crippen molar-refractivity contribution in [3.8, 4) is 0 Å². The molecule has 1 fully saturated rings. The zero-order valence-corrected chi connectivity index (χ0v) is 25.5. The molecule has 38 heavy (non-hydrogen) atoms. The third kappa shape index (κ3) is 7.91. The Morgan fingerprint density at radius 2 is 1.45 bits per heavy atom. The second-order valence-electron chi connectivity index (χ2n) is 12.2. The largest absolute Gasteiger partial charge is 0.444 e. The van der Waals surface area contributed by atoms with Crippen LogP contribution in [0.1, 0.15) is 60.8 Å². The van der Waals surface area contributed by atoms with Gasteiger partial charge in [-0.3, -0.25) is 4.18 Å². The zero-order valence-electron chi connectivity index (χ0n) is 23.7. The molecule has 0 aliphatic heterocycles. The Morgan fingerprint density at radius 1 is 0.921 bits per heavy atom. The van der Waals surface area contributed by atoms with Crippen LogP contribution in [-0.4, -0.2) is 53.4 Å². The van der Waals surface area contributed by atoms with Gasteiger partial charge in [0.25, 0.3) is 18.4 Å². The Morgan fingerprint density at radius 3 is 1.89 bits per heavy atom. The predicted octanol–water partition coefficient (Wildman–Crippen LogP) is 4.60. The van der Waals surface area contributed by atoms with Gasteiger partial charge in [-0.2, -0.15) is 8.42 Å². The average Bonchev–Trinajstić information content (AvgIpc) is 2.81. The molecule has 0 radical (unpaired) electrons. The first-order chi connectivity index (χ1) is 17.6. The monoisotopic (exact) mass is 561 g/mol. The highest BCUT2D eigenvalue weighted by molar-refractivity contribution is 7.85. The van der Waals surface area contributed by atoms with Crippen molar-refractivity contribution < 1.29 is 26.6 Å². The van der Waals surface area contributed by atoms with Gasteiger partial charge in [-0.05, 0) is 61.4 Å². The van der Waals surface area contributed by atoms with Gasteiger partial charge in [-0.1, -0.05) is 81.4 Å². The molecule has 0 aromatic heterocycles. The summed E-state index contributed by atoms with van der Waals surface area (Å²) in [6.07, 6.45) is 2.17. The van der Waals surface area contributed by atoms with Gasteiger partial charge in [0.05, 0.1) is 25.0 Å². The number of alkyl carbamates (subject to hydrolysis) is 1. The zero-order chi connectivity index (χ0) is 28.2. The van der Waals surface area contributed by atoms with Crippen molar-refractivity contribution in [3.05, 3.63) is 60.7 Å². The molecule has 7 nitrogen and oxygen atoms in total. The second-order valence-corrected chi connectivity index (χ2v) is 18.1. The molecule has 0 bridgehead atoms. The first-order valence-corrected chi connectivity index (χ1v) is 17.0. The lowest BCUT2D eigenvalue weighted by molar-refractivity contribution is 0.0310. The van der Waals surface area contributed by atoms with Crippen LogP contribution in [0.4, 0.5) is 4.79 Å². The van der Waals surface area contributed by atoms with Crippen LogP contribution in [0.3, 0.4) is 0 Å². The minimum Gasteiger partial charge on any atom is -0.444 e. The number of rotatable bonds is 8. The maximum atomic E-state index is 12.9. The number of carbonyl (C=O) groups excluding carboxylic acids is 1. The van der Waals surface area contributed by atoms with E-state index in [1.165, 1.54) is 0 Å². The summed E-state index contributed by atoms with van der Waals surface area (Å²) in [4.78, 5) is 12.9. The van der Waals surface area contributed by atoms with E-state index in [2.05, 4.69) is 50.4 Å². The van der Waals surface area contributed by atoms with Crippen LogP contribution in [0.5, 0.6) is 0 Å². The van der Waals surface area contributed by atoms with Gasteiger partial charge in [0.15, 0.2) is 0 Å². The lowest BCUT2D eigenvalue weighted by atomic mass is 9.84. The number of hydrogen-bond donors (Lipinski definition) is 1.